The topological polar surface area (TPSA) is 117 Å². The number of rotatable bonds is 3. The van der Waals surface area contributed by atoms with E-state index in [1.54, 1.807) is 6.07 Å². The number of aliphatic hydroxyl groups is 1. The summed E-state index contributed by atoms with van der Waals surface area (Å²) in [6, 6.07) is 4.59. The maximum atomic E-state index is 12.1. The van der Waals surface area contributed by atoms with E-state index in [-0.39, 0.29) is 12.2 Å². The van der Waals surface area contributed by atoms with Crippen molar-refractivity contribution in [3.8, 4) is 5.75 Å². The van der Waals surface area contributed by atoms with Crippen LogP contribution in [-0.2, 0) is 20.8 Å². The third-order valence-corrected chi connectivity index (χ3v) is 4.83. The Morgan fingerprint density at radius 1 is 1.36 bits per heavy atom. The maximum absolute atomic E-state index is 12.1. The molecule has 1 amide bonds. The van der Waals surface area contributed by atoms with Crippen LogP contribution in [0.1, 0.15) is 35.2 Å². The van der Waals surface area contributed by atoms with Gasteiger partial charge in [0.2, 0.25) is 9.58 Å². The summed E-state index contributed by atoms with van der Waals surface area (Å²) in [5.41, 5.74) is 5.87. The van der Waals surface area contributed by atoms with Crippen molar-refractivity contribution >= 4 is 46.9 Å². The van der Waals surface area contributed by atoms with Gasteiger partial charge in [-0.05, 0) is 31.0 Å². The molecule has 11 heteroatoms. The van der Waals surface area contributed by atoms with E-state index in [4.69, 9.17) is 59.5 Å². The standard InChI is InChI=1S/C17H18Cl3NO7/c18-17(19,20)8-25-14(23)9-3-4-11-10(6-9)7-26-16(28-11)5-1-2-12(13(16)22)27-15(21)24/h3-4,6,12-13,22H,1-2,5,7-8H2,(H2,21,24)/t12-,13-,16-/m1/s1. The molecular formula is C17H18Cl3NO7. The van der Waals surface area contributed by atoms with Crippen LogP contribution in [0.4, 0.5) is 4.79 Å². The molecule has 0 radical (unpaired) electrons. The quantitative estimate of drug-likeness (QED) is 0.532. The molecule has 3 N–H and O–H groups in total. The number of amides is 1. The van der Waals surface area contributed by atoms with Gasteiger partial charge in [0.15, 0.2) is 6.10 Å². The van der Waals surface area contributed by atoms with E-state index in [1.807, 2.05) is 0 Å². The van der Waals surface area contributed by atoms with Crippen LogP contribution in [0.25, 0.3) is 0 Å². The average Bonchev–Trinajstić information content (AvgIpc) is 2.62. The fourth-order valence-corrected chi connectivity index (χ4v) is 3.41. The third kappa shape index (κ3) is 4.75. The fourth-order valence-electron chi connectivity index (χ4n) is 3.25. The predicted molar refractivity (Wildman–Crippen MR) is 99.5 cm³/mol. The van der Waals surface area contributed by atoms with Gasteiger partial charge in [0, 0.05) is 12.0 Å². The van der Waals surface area contributed by atoms with Crippen LogP contribution in [0.2, 0.25) is 0 Å². The van der Waals surface area contributed by atoms with Gasteiger partial charge in [-0.25, -0.2) is 9.59 Å². The minimum absolute atomic E-state index is 0.0707. The minimum atomic E-state index is -1.71. The van der Waals surface area contributed by atoms with Crippen molar-refractivity contribution in [2.45, 2.75) is 47.7 Å². The highest BCUT2D eigenvalue weighted by Crippen LogP contribution is 2.41. The summed E-state index contributed by atoms with van der Waals surface area (Å²) in [7, 11) is 0. The van der Waals surface area contributed by atoms with Gasteiger partial charge >= 0.3 is 12.1 Å². The lowest BCUT2D eigenvalue weighted by molar-refractivity contribution is -0.288. The molecule has 28 heavy (non-hydrogen) atoms. The number of esters is 1. The Labute approximate surface area is 175 Å². The predicted octanol–water partition coefficient (Wildman–Crippen LogP) is 2.83. The van der Waals surface area contributed by atoms with Crippen molar-refractivity contribution in [1.82, 2.24) is 0 Å². The van der Waals surface area contributed by atoms with E-state index in [2.05, 4.69) is 0 Å². The molecular weight excluding hydrogens is 437 g/mol. The van der Waals surface area contributed by atoms with E-state index in [0.717, 1.165) is 0 Å². The number of carbonyl (C=O) groups is 2. The van der Waals surface area contributed by atoms with Gasteiger partial charge < -0.3 is 29.8 Å². The number of alkyl halides is 3. The van der Waals surface area contributed by atoms with Crippen LogP contribution in [0, 0.1) is 0 Å². The van der Waals surface area contributed by atoms with Gasteiger partial charge in [-0.1, -0.05) is 34.8 Å². The number of primary amides is 1. The summed E-state index contributed by atoms with van der Waals surface area (Å²) in [6.07, 6.45) is -1.57. The van der Waals surface area contributed by atoms with E-state index < -0.39 is 40.5 Å². The molecule has 154 valence electrons. The molecule has 1 fully saturated rings. The van der Waals surface area contributed by atoms with Crippen molar-refractivity contribution in [1.29, 1.82) is 0 Å². The first-order chi connectivity index (χ1) is 13.1. The Morgan fingerprint density at radius 2 is 2.11 bits per heavy atom. The molecule has 1 aliphatic heterocycles. The second kappa shape index (κ2) is 8.12. The summed E-state index contributed by atoms with van der Waals surface area (Å²) in [5, 5.41) is 10.6. The smallest absolute Gasteiger partial charge is 0.404 e. The Morgan fingerprint density at radius 3 is 2.79 bits per heavy atom. The molecule has 1 heterocycles. The zero-order valence-corrected chi connectivity index (χ0v) is 16.8. The SMILES string of the molecule is NC(=O)O[C@@H]1CCC[C@]2(OCc3cc(C(=O)OCC(Cl)(Cl)Cl)ccc3O2)[C@@H]1O. The van der Waals surface area contributed by atoms with Gasteiger partial charge in [0.25, 0.3) is 0 Å². The Bertz CT molecular complexity index is 770. The van der Waals surface area contributed by atoms with Crippen LogP contribution in [0.5, 0.6) is 5.75 Å². The number of carbonyl (C=O) groups excluding carboxylic acids is 2. The number of nitrogens with two attached hydrogens (primary N) is 1. The number of ether oxygens (including phenoxy) is 4. The minimum Gasteiger partial charge on any atom is -0.459 e. The summed E-state index contributed by atoms with van der Waals surface area (Å²) in [6.45, 7) is -0.321. The summed E-state index contributed by atoms with van der Waals surface area (Å²) < 4.78 is 19.9. The highest BCUT2D eigenvalue weighted by Gasteiger charge is 2.51. The van der Waals surface area contributed by atoms with E-state index in [1.165, 1.54) is 12.1 Å². The molecule has 1 aromatic carbocycles. The molecule has 0 unspecified atom stereocenters. The van der Waals surface area contributed by atoms with Gasteiger partial charge in [-0.15, -0.1) is 0 Å². The molecule has 3 atom stereocenters. The van der Waals surface area contributed by atoms with Crippen LogP contribution >= 0.6 is 34.8 Å². The van der Waals surface area contributed by atoms with E-state index in [9.17, 15) is 14.7 Å². The van der Waals surface area contributed by atoms with Gasteiger partial charge in [-0.3, -0.25) is 0 Å². The van der Waals surface area contributed by atoms with E-state index in [0.29, 0.717) is 30.6 Å². The van der Waals surface area contributed by atoms with Gasteiger partial charge in [0.1, 0.15) is 18.5 Å². The molecule has 0 bridgehead atoms. The molecule has 1 saturated carbocycles. The largest absolute Gasteiger partial charge is 0.459 e. The maximum Gasteiger partial charge on any atom is 0.404 e. The van der Waals surface area contributed by atoms with Gasteiger partial charge in [-0.2, -0.15) is 0 Å². The molecule has 2 aliphatic rings. The van der Waals surface area contributed by atoms with Crippen molar-refractivity contribution in [3.63, 3.8) is 0 Å². The third-order valence-electron chi connectivity index (χ3n) is 4.50. The second-order valence-corrected chi connectivity index (χ2v) is 9.04. The van der Waals surface area contributed by atoms with Crippen LogP contribution in [0.3, 0.4) is 0 Å². The fraction of sp³-hybridized carbons (Fsp3) is 0.529. The molecule has 1 spiro atoms. The van der Waals surface area contributed by atoms with Crippen LogP contribution < -0.4 is 10.5 Å². The first-order valence-corrected chi connectivity index (χ1v) is 9.57. The molecule has 1 aliphatic carbocycles. The lowest BCUT2D eigenvalue weighted by atomic mass is 9.87. The lowest BCUT2D eigenvalue weighted by Crippen LogP contribution is -2.59. The molecule has 3 rings (SSSR count). The monoisotopic (exact) mass is 453 g/mol. The Balaban J connectivity index is 1.73. The first-order valence-electron chi connectivity index (χ1n) is 8.43. The van der Waals surface area contributed by atoms with Crippen molar-refractivity contribution in [2.75, 3.05) is 6.61 Å². The van der Waals surface area contributed by atoms with Crippen LogP contribution in [-0.4, -0.2) is 45.6 Å². The van der Waals surface area contributed by atoms with Crippen molar-refractivity contribution in [3.05, 3.63) is 29.3 Å². The zero-order valence-electron chi connectivity index (χ0n) is 14.5. The number of hydrogen-bond acceptors (Lipinski definition) is 7. The molecule has 0 saturated heterocycles. The van der Waals surface area contributed by atoms with Crippen molar-refractivity contribution < 1.29 is 33.6 Å². The Hall–Kier alpha value is -1.45. The summed E-state index contributed by atoms with van der Waals surface area (Å²) in [4.78, 5) is 23.1. The average molecular weight is 455 g/mol. The number of halogens is 3. The van der Waals surface area contributed by atoms with E-state index >= 15 is 0 Å². The molecule has 8 nitrogen and oxygen atoms in total. The number of aliphatic hydroxyl groups excluding tert-OH is 1. The first kappa shape index (κ1) is 21.3. The summed E-state index contributed by atoms with van der Waals surface area (Å²) in [5.74, 6) is -1.59. The van der Waals surface area contributed by atoms with Gasteiger partial charge in [0.05, 0.1) is 12.2 Å². The molecule has 0 aromatic heterocycles. The highest BCUT2D eigenvalue weighted by molar-refractivity contribution is 6.67. The number of benzene rings is 1. The highest BCUT2D eigenvalue weighted by atomic mass is 35.6. The number of fused-ring (bicyclic) bond motifs is 1. The number of hydrogen-bond donors (Lipinski definition) is 2. The Kier molecular flexibility index (Phi) is 6.17. The zero-order chi connectivity index (χ0) is 20.5. The normalized spacial score (nSPS) is 26.9. The lowest BCUT2D eigenvalue weighted by Gasteiger charge is -2.46. The second-order valence-electron chi connectivity index (χ2n) is 6.53. The van der Waals surface area contributed by atoms with Crippen molar-refractivity contribution in [2.24, 2.45) is 5.73 Å². The van der Waals surface area contributed by atoms with Crippen LogP contribution in [0.15, 0.2) is 18.2 Å². The summed E-state index contributed by atoms with van der Waals surface area (Å²) >= 11 is 16.7. The molecule has 1 aromatic rings.